The molecule has 1 aliphatic carbocycles. The Morgan fingerprint density at radius 1 is 1.30 bits per heavy atom. The van der Waals surface area contributed by atoms with Crippen LogP contribution >= 0.6 is 11.9 Å². The molecule has 1 unspecified atom stereocenters. The highest BCUT2D eigenvalue weighted by Gasteiger charge is 2.38. The molecule has 0 radical (unpaired) electrons. The first-order chi connectivity index (χ1) is 14.5. The van der Waals surface area contributed by atoms with E-state index in [1.54, 1.807) is 19.3 Å². The molecule has 0 bridgehead atoms. The first kappa shape index (κ1) is 20.8. The minimum absolute atomic E-state index is 0.187. The summed E-state index contributed by atoms with van der Waals surface area (Å²) in [6, 6.07) is 0.187. The van der Waals surface area contributed by atoms with E-state index in [1.165, 1.54) is 17.5 Å². The third-order valence-electron chi connectivity index (χ3n) is 5.48. The van der Waals surface area contributed by atoms with E-state index in [4.69, 9.17) is 25.4 Å². The summed E-state index contributed by atoms with van der Waals surface area (Å²) >= 11 is 1.46. The lowest BCUT2D eigenvalue weighted by atomic mass is 10.0. The van der Waals surface area contributed by atoms with Crippen molar-refractivity contribution in [3.05, 3.63) is 34.2 Å². The van der Waals surface area contributed by atoms with E-state index in [9.17, 15) is 0 Å². The second-order valence-corrected chi connectivity index (χ2v) is 8.16. The summed E-state index contributed by atoms with van der Waals surface area (Å²) in [5.41, 5.74) is 13.1. The normalized spacial score (nSPS) is 20.5. The van der Waals surface area contributed by atoms with Crippen LogP contribution in [-0.2, 0) is 11.3 Å². The van der Waals surface area contributed by atoms with E-state index in [1.807, 2.05) is 20.0 Å². The second kappa shape index (κ2) is 8.75. The summed E-state index contributed by atoms with van der Waals surface area (Å²) < 4.78 is 15.1. The summed E-state index contributed by atoms with van der Waals surface area (Å²) in [7, 11) is 3.38. The fourth-order valence-electron chi connectivity index (χ4n) is 4.02. The zero-order valence-corrected chi connectivity index (χ0v) is 18.5. The summed E-state index contributed by atoms with van der Waals surface area (Å²) in [6.07, 6.45) is 2.61. The molecular weight excluding hydrogens is 402 g/mol. The van der Waals surface area contributed by atoms with Gasteiger partial charge in [0.1, 0.15) is 18.0 Å². The van der Waals surface area contributed by atoms with E-state index in [-0.39, 0.29) is 6.04 Å². The highest BCUT2D eigenvalue weighted by molar-refractivity contribution is 7.98. The van der Waals surface area contributed by atoms with E-state index in [2.05, 4.69) is 14.7 Å². The minimum Gasteiger partial charge on any atom is -0.496 e. The number of amidine groups is 1. The van der Waals surface area contributed by atoms with Gasteiger partial charge < -0.3 is 20.5 Å². The predicted molar refractivity (Wildman–Crippen MR) is 120 cm³/mol. The Kier molecular flexibility index (Phi) is 6.07. The van der Waals surface area contributed by atoms with Crippen molar-refractivity contribution in [2.75, 3.05) is 33.1 Å². The fraction of sp³-hybridized carbons (Fsp3) is 0.500. The maximum absolute atomic E-state index is 6.27. The molecule has 3 aliphatic rings. The number of aryl methyl sites for hydroxylation is 1. The van der Waals surface area contributed by atoms with Crippen LogP contribution in [0.25, 0.3) is 0 Å². The van der Waals surface area contributed by atoms with Gasteiger partial charge in [-0.25, -0.2) is 0 Å². The molecular formula is C20H27N7O2S. The van der Waals surface area contributed by atoms with Crippen molar-refractivity contribution in [1.29, 1.82) is 0 Å². The van der Waals surface area contributed by atoms with Crippen LogP contribution in [0.3, 0.4) is 0 Å². The van der Waals surface area contributed by atoms with Crippen molar-refractivity contribution in [3.8, 4) is 5.75 Å². The molecule has 0 spiro atoms. The van der Waals surface area contributed by atoms with Crippen molar-refractivity contribution in [3.63, 3.8) is 0 Å². The fourth-order valence-corrected chi connectivity index (χ4v) is 4.79. The highest BCUT2D eigenvalue weighted by Crippen LogP contribution is 2.34. The van der Waals surface area contributed by atoms with Gasteiger partial charge in [0.15, 0.2) is 5.84 Å². The van der Waals surface area contributed by atoms with Gasteiger partial charge in [-0.3, -0.25) is 4.98 Å². The Morgan fingerprint density at radius 3 is 2.90 bits per heavy atom. The Labute approximate surface area is 180 Å². The molecule has 1 atom stereocenters. The standard InChI is InChI=1S/C20H27N7O2S/c1-11-8-23-16(12(2)19(11)29-4)9-27-24-15-7-14(22-5-6-28-3)13-10-30-26-20(21)18(25-27)17(13)15/h8,14,22H,5-7,9-10H2,1-4H3,(H2,21,26). The first-order valence-corrected chi connectivity index (χ1v) is 10.8. The molecule has 0 saturated heterocycles. The van der Waals surface area contributed by atoms with Crippen LogP contribution in [0.1, 0.15) is 23.2 Å². The number of ether oxygens (including phenoxy) is 2. The monoisotopic (exact) mass is 429 g/mol. The molecule has 1 aromatic heterocycles. The Balaban J connectivity index is 1.65. The maximum Gasteiger partial charge on any atom is 0.160 e. The number of hydrogen-bond acceptors (Lipinski definition) is 10. The van der Waals surface area contributed by atoms with Crippen LogP contribution < -0.4 is 15.8 Å². The molecule has 0 fully saturated rings. The summed E-state index contributed by atoms with van der Waals surface area (Å²) in [4.78, 5) is 4.58. The molecule has 10 heteroatoms. The molecule has 0 amide bonds. The number of nitrogens with zero attached hydrogens (tertiary/aromatic N) is 5. The molecule has 2 aliphatic heterocycles. The molecule has 3 heterocycles. The smallest absolute Gasteiger partial charge is 0.160 e. The lowest BCUT2D eigenvalue weighted by molar-refractivity contribution is 0.197. The number of methoxy groups -OCH3 is 2. The summed E-state index contributed by atoms with van der Waals surface area (Å²) in [5, 5.41) is 14.8. The number of aromatic nitrogens is 1. The average molecular weight is 430 g/mol. The largest absolute Gasteiger partial charge is 0.496 e. The lowest BCUT2D eigenvalue weighted by Crippen LogP contribution is -2.34. The molecule has 4 rings (SSSR count). The van der Waals surface area contributed by atoms with Crippen LogP contribution in [-0.4, -0.2) is 66.5 Å². The number of pyridine rings is 1. The molecule has 1 aromatic rings. The highest BCUT2D eigenvalue weighted by atomic mass is 32.2. The van der Waals surface area contributed by atoms with E-state index in [0.29, 0.717) is 24.7 Å². The van der Waals surface area contributed by atoms with Gasteiger partial charge in [0.05, 0.1) is 25.1 Å². The number of rotatable bonds is 7. The Bertz CT molecular complexity index is 970. The van der Waals surface area contributed by atoms with Gasteiger partial charge in [-0.15, -0.1) is 0 Å². The van der Waals surface area contributed by atoms with Crippen LogP contribution in [0, 0.1) is 13.8 Å². The second-order valence-electron chi connectivity index (χ2n) is 7.43. The van der Waals surface area contributed by atoms with E-state index < -0.39 is 0 Å². The predicted octanol–water partition coefficient (Wildman–Crippen LogP) is 1.56. The topological polar surface area (TPSA) is 110 Å². The summed E-state index contributed by atoms with van der Waals surface area (Å²) in [5.74, 6) is 2.05. The molecule has 0 saturated carbocycles. The molecule has 30 heavy (non-hydrogen) atoms. The molecule has 0 aromatic carbocycles. The maximum atomic E-state index is 6.27. The van der Waals surface area contributed by atoms with Crippen molar-refractivity contribution in [2.45, 2.75) is 32.9 Å². The van der Waals surface area contributed by atoms with Gasteiger partial charge in [-0.05, 0) is 31.4 Å². The molecule has 3 N–H and O–H groups in total. The average Bonchev–Trinajstić information content (AvgIpc) is 2.97. The Morgan fingerprint density at radius 2 is 2.13 bits per heavy atom. The lowest BCUT2D eigenvalue weighted by Gasteiger charge is -2.23. The number of nitrogens with two attached hydrogens (primary N) is 1. The number of hydrogen-bond donors (Lipinski definition) is 2. The van der Waals surface area contributed by atoms with Crippen LogP contribution in [0.15, 0.2) is 31.9 Å². The zero-order chi connectivity index (χ0) is 21.3. The SMILES string of the molecule is COCCNC1CC2=NN(Cc3ncc(C)c(OC)c3C)N=C3C(N)=NSCC1=C23. The number of hydrazone groups is 2. The van der Waals surface area contributed by atoms with Gasteiger partial charge in [0, 0.05) is 54.8 Å². The van der Waals surface area contributed by atoms with Gasteiger partial charge in [0.2, 0.25) is 0 Å². The minimum atomic E-state index is 0.187. The van der Waals surface area contributed by atoms with E-state index >= 15 is 0 Å². The van der Waals surface area contributed by atoms with E-state index in [0.717, 1.165) is 52.6 Å². The van der Waals surface area contributed by atoms with Gasteiger partial charge >= 0.3 is 0 Å². The third kappa shape index (κ3) is 3.82. The molecule has 9 nitrogen and oxygen atoms in total. The van der Waals surface area contributed by atoms with Gasteiger partial charge in [-0.2, -0.15) is 19.7 Å². The van der Waals surface area contributed by atoms with Crippen molar-refractivity contribution < 1.29 is 9.47 Å². The van der Waals surface area contributed by atoms with Crippen molar-refractivity contribution in [2.24, 2.45) is 20.3 Å². The Hall–Kier alpha value is -2.43. The first-order valence-electron chi connectivity index (χ1n) is 9.88. The van der Waals surface area contributed by atoms with Gasteiger partial charge in [0.25, 0.3) is 0 Å². The summed E-state index contributed by atoms with van der Waals surface area (Å²) in [6.45, 7) is 5.85. The zero-order valence-electron chi connectivity index (χ0n) is 17.7. The van der Waals surface area contributed by atoms with Gasteiger partial charge in [-0.1, -0.05) is 0 Å². The number of nitrogens with one attached hydrogen (secondary N) is 1. The van der Waals surface area contributed by atoms with Crippen LogP contribution in [0.5, 0.6) is 5.75 Å². The van der Waals surface area contributed by atoms with Crippen molar-refractivity contribution >= 4 is 29.2 Å². The van der Waals surface area contributed by atoms with Crippen molar-refractivity contribution in [1.82, 2.24) is 15.4 Å². The van der Waals surface area contributed by atoms with Crippen LogP contribution in [0.2, 0.25) is 0 Å². The quantitative estimate of drug-likeness (QED) is 0.500. The van der Waals surface area contributed by atoms with Crippen LogP contribution in [0.4, 0.5) is 0 Å². The molecule has 160 valence electrons. The third-order valence-corrected chi connectivity index (χ3v) is 6.25.